The Labute approximate surface area is 139 Å². The summed E-state index contributed by atoms with van der Waals surface area (Å²) in [4.78, 5) is 24.9. The van der Waals surface area contributed by atoms with Gasteiger partial charge in [-0.25, -0.2) is 4.79 Å². The van der Waals surface area contributed by atoms with Crippen molar-refractivity contribution >= 4 is 29.6 Å². The number of hydrogen-bond donors (Lipinski definition) is 0. The van der Waals surface area contributed by atoms with Crippen molar-refractivity contribution in [3.63, 3.8) is 0 Å². The van der Waals surface area contributed by atoms with Crippen molar-refractivity contribution in [2.24, 2.45) is 0 Å². The van der Waals surface area contributed by atoms with E-state index in [1.807, 2.05) is 12.1 Å². The number of halogens is 1. The molecule has 5 nitrogen and oxygen atoms in total. The molecule has 0 radical (unpaired) electrons. The molecule has 0 fully saturated rings. The van der Waals surface area contributed by atoms with E-state index in [4.69, 9.17) is 20.8 Å². The van der Waals surface area contributed by atoms with E-state index < -0.39 is 5.97 Å². The van der Waals surface area contributed by atoms with E-state index >= 15 is 0 Å². The van der Waals surface area contributed by atoms with Crippen LogP contribution in [0.25, 0.3) is 6.08 Å². The van der Waals surface area contributed by atoms with Crippen molar-refractivity contribution in [1.82, 2.24) is 4.90 Å². The number of hydrogen-bond acceptors (Lipinski definition) is 4. The highest BCUT2D eigenvalue weighted by Gasteiger charge is 2.11. The highest BCUT2D eigenvalue weighted by Crippen LogP contribution is 2.11. The molecule has 0 saturated heterocycles. The maximum Gasteiger partial charge on any atom is 0.331 e. The molecule has 0 aliphatic heterocycles. The zero-order valence-corrected chi connectivity index (χ0v) is 13.3. The summed E-state index contributed by atoms with van der Waals surface area (Å²) in [6.07, 6.45) is 4.19. The molecule has 1 heterocycles. The number of benzene rings is 1. The Bertz CT molecular complexity index is 677. The zero-order chi connectivity index (χ0) is 16.7. The number of carbonyl (C=O) groups is 2. The number of esters is 1. The number of rotatable bonds is 6. The van der Waals surface area contributed by atoms with Crippen molar-refractivity contribution in [2.75, 3.05) is 13.7 Å². The minimum absolute atomic E-state index is 0.292. The van der Waals surface area contributed by atoms with Crippen molar-refractivity contribution in [1.29, 1.82) is 0 Å². The summed E-state index contributed by atoms with van der Waals surface area (Å²) < 4.78 is 9.94. The Morgan fingerprint density at radius 1 is 1.26 bits per heavy atom. The van der Waals surface area contributed by atoms with E-state index in [1.54, 1.807) is 31.3 Å². The van der Waals surface area contributed by atoms with E-state index in [2.05, 4.69) is 0 Å². The smallest absolute Gasteiger partial charge is 0.331 e. The van der Waals surface area contributed by atoms with E-state index in [0.29, 0.717) is 17.3 Å². The van der Waals surface area contributed by atoms with Gasteiger partial charge in [0, 0.05) is 24.7 Å². The van der Waals surface area contributed by atoms with Crippen molar-refractivity contribution < 1.29 is 18.7 Å². The molecule has 1 aromatic heterocycles. The summed E-state index contributed by atoms with van der Waals surface area (Å²) in [6, 6.07) is 10.6. The summed E-state index contributed by atoms with van der Waals surface area (Å²) in [6.45, 7) is 0.0984. The average molecular weight is 334 g/mol. The van der Waals surface area contributed by atoms with E-state index in [1.165, 1.54) is 23.3 Å². The van der Waals surface area contributed by atoms with Crippen LogP contribution in [0.4, 0.5) is 0 Å². The van der Waals surface area contributed by atoms with Crippen LogP contribution in [0.2, 0.25) is 5.02 Å². The maximum absolute atomic E-state index is 11.9. The predicted octanol–water partition coefficient (Wildman–Crippen LogP) is 3.15. The summed E-state index contributed by atoms with van der Waals surface area (Å²) in [5, 5.41) is 0.639. The zero-order valence-electron chi connectivity index (χ0n) is 12.6. The van der Waals surface area contributed by atoms with Crippen LogP contribution in [0, 0.1) is 0 Å². The van der Waals surface area contributed by atoms with Gasteiger partial charge in [0.15, 0.2) is 6.61 Å². The van der Waals surface area contributed by atoms with Gasteiger partial charge in [-0.05, 0) is 35.9 Å². The molecule has 1 aromatic carbocycles. The Morgan fingerprint density at radius 3 is 2.65 bits per heavy atom. The molecule has 23 heavy (non-hydrogen) atoms. The van der Waals surface area contributed by atoms with E-state index in [0.717, 1.165) is 5.56 Å². The van der Waals surface area contributed by atoms with Gasteiger partial charge in [-0.2, -0.15) is 0 Å². The van der Waals surface area contributed by atoms with Gasteiger partial charge in [0.1, 0.15) is 5.76 Å². The second-order valence-corrected chi connectivity index (χ2v) is 5.27. The monoisotopic (exact) mass is 333 g/mol. The SMILES string of the molecule is CN(Cc1ccc(Cl)cc1)C(=O)COC(=O)/C=C/c1ccco1. The molecule has 0 aliphatic carbocycles. The first-order valence-electron chi connectivity index (χ1n) is 6.91. The number of furan rings is 1. The average Bonchev–Trinajstić information content (AvgIpc) is 3.06. The predicted molar refractivity (Wildman–Crippen MR) is 86.6 cm³/mol. The molecule has 120 valence electrons. The van der Waals surface area contributed by atoms with Gasteiger partial charge < -0.3 is 14.1 Å². The van der Waals surface area contributed by atoms with Crippen LogP contribution in [0.5, 0.6) is 0 Å². The quantitative estimate of drug-likeness (QED) is 0.602. The van der Waals surface area contributed by atoms with Crippen molar-refractivity contribution in [2.45, 2.75) is 6.54 Å². The number of likely N-dealkylation sites (N-methyl/N-ethyl adjacent to an activating group) is 1. The molecule has 0 saturated carbocycles. The van der Waals surface area contributed by atoms with Gasteiger partial charge in [0.05, 0.1) is 6.26 Å². The number of carbonyl (C=O) groups excluding carboxylic acids is 2. The topological polar surface area (TPSA) is 59.8 Å². The first-order valence-corrected chi connectivity index (χ1v) is 7.29. The van der Waals surface area contributed by atoms with Crippen LogP contribution in [0.15, 0.2) is 53.2 Å². The van der Waals surface area contributed by atoms with Gasteiger partial charge in [-0.1, -0.05) is 23.7 Å². The molecular weight excluding hydrogens is 318 g/mol. The first-order chi connectivity index (χ1) is 11.0. The van der Waals surface area contributed by atoms with Crippen LogP contribution < -0.4 is 0 Å². The fourth-order valence-electron chi connectivity index (χ4n) is 1.78. The van der Waals surface area contributed by atoms with Gasteiger partial charge in [0.25, 0.3) is 5.91 Å². The summed E-state index contributed by atoms with van der Waals surface area (Å²) in [5.74, 6) is -0.359. The molecule has 0 atom stereocenters. The Balaban J connectivity index is 1.77. The lowest BCUT2D eigenvalue weighted by Gasteiger charge is -2.17. The molecule has 6 heteroatoms. The Hall–Kier alpha value is -2.53. The fraction of sp³-hybridized carbons (Fsp3) is 0.176. The second kappa shape index (κ2) is 8.19. The van der Waals surface area contributed by atoms with Crippen molar-refractivity contribution in [3.05, 3.63) is 65.1 Å². The third-order valence-electron chi connectivity index (χ3n) is 3.02. The van der Waals surface area contributed by atoms with E-state index in [9.17, 15) is 9.59 Å². The Morgan fingerprint density at radius 2 is 2.00 bits per heavy atom. The van der Waals surface area contributed by atoms with Crippen molar-refractivity contribution in [3.8, 4) is 0 Å². The summed E-state index contributed by atoms with van der Waals surface area (Å²) >= 11 is 5.81. The van der Waals surface area contributed by atoms with Gasteiger partial charge in [0.2, 0.25) is 0 Å². The third-order valence-corrected chi connectivity index (χ3v) is 3.28. The number of ether oxygens (including phenoxy) is 1. The van der Waals surface area contributed by atoms with Crippen LogP contribution >= 0.6 is 11.6 Å². The van der Waals surface area contributed by atoms with Gasteiger partial charge in [-0.15, -0.1) is 0 Å². The highest BCUT2D eigenvalue weighted by molar-refractivity contribution is 6.30. The molecule has 0 spiro atoms. The highest BCUT2D eigenvalue weighted by atomic mass is 35.5. The van der Waals surface area contributed by atoms with Crippen LogP contribution in [0.1, 0.15) is 11.3 Å². The van der Waals surface area contributed by atoms with Crippen LogP contribution in [-0.2, 0) is 20.9 Å². The lowest BCUT2D eigenvalue weighted by molar-refractivity contribution is -0.147. The largest absolute Gasteiger partial charge is 0.465 e. The molecule has 0 N–H and O–H groups in total. The van der Waals surface area contributed by atoms with Crippen LogP contribution in [-0.4, -0.2) is 30.4 Å². The molecule has 2 aromatic rings. The second-order valence-electron chi connectivity index (χ2n) is 4.83. The normalized spacial score (nSPS) is 10.7. The van der Waals surface area contributed by atoms with E-state index in [-0.39, 0.29) is 12.5 Å². The van der Waals surface area contributed by atoms with Crippen LogP contribution in [0.3, 0.4) is 0 Å². The number of amides is 1. The lowest BCUT2D eigenvalue weighted by Crippen LogP contribution is -2.30. The standard InChI is InChI=1S/C17H16ClNO4/c1-19(11-13-4-6-14(18)7-5-13)16(20)12-23-17(21)9-8-15-3-2-10-22-15/h2-10H,11-12H2,1H3/b9-8+. The Kier molecular flexibility index (Phi) is 6.00. The number of nitrogens with zero attached hydrogens (tertiary/aromatic N) is 1. The summed E-state index contributed by atoms with van der Waals surface area (Å²) in [5.41, 5.74) is 0.939. The third kappa shape index (κ3) is 5.64. The molecule has 0 bridgehead atoms. The summed E-state index contributed by atoms with van der Waals surface area (Å²) in [7, 11) is 1.64. The van der Waals surface area contributed by atoms with Gasteiger partial charge >= 0.3 is 5.97 Å². The molecule has 1 amide bonds. The fourth-order valence-corrected chi connectivity index (χ4v) is 1.91. The minimum atomic E-state index is -0.602. The minimum Gasteiger partial charge on any atom is -0.465 e. The molecular formula is C17H16ClNO4. The molecule has 2 rings (SSSR count). The van der Waals surface area contributed by atoms with Gasteiger partial charge in [-0.3, -0.25) is 4.79 Å². The lowest BCUT2D eigenvalue weighted by atomic mass is 10.2. The molecule has 0 aliphatic rings. The maximum atomic E-state index is 11.9. The molecule has 0 unspecified atom stereocenters. The first kappa shape index (κ1) is 16.8.